The van der Waals surface area contributed by atoms with E-state index < -0.39 is 0 Å². The van der Waals surface area contributed by atoms with Crippen LogP contribution in [0.1, 0.15) is 17.4 Å². The standard InChI is InChI=1S/C26H21N7O2S/c1-17-23(25(35)33(29-17)22-11-7-4-8-12-22)28-27-20-15-13-19(14-16-20)24-30-32(18(2)34)26(36)31(24)21-9-5-3-6-10-21/h3-16,29H,1-2H3. The van der Waals surface area contributed by atoms with Crippen molar-refractivity contribution in [2.24, 2.45) is 10.2 Å². The number of nitrogens with one attached hydrogen (secondary N) is 1. The van der Waals surface area contributed by atoms with Crippen LogP contribution in [-0.2, 0) is 0 Å². The van der Waals surface area contributed by atoms with Crippen molar-refractivity contribution in [3.63, 3.8) is 0 Å². The van der Waals surface area contributed by atoms with Crippen LogP contribution in [-0.4, -0.2) is 30.0 Å². The van der Waals surface area contributed by atoms with Crippen LogP contribution in [0.2, 0.25) is 0 Å². The number of carbonyl (C=O) groups is 1. The minimum Gasteiger partial charge on any atom is -0.293 e. The number of para-hydroxylation sites is 2. The van der Waals surface area contributed by atoms with Crippen molar-refractivity contribution in [1.82, 2.24) is 24.1 Å². The van der Waals surface area contributed by atoms with Crippen molar-refractivity contribution >= 4 is 29.5 Å². The van der Waals surface area contributed by atoms with Crippen molar-refractivity contribution in [2.75, 3.05) is 0 Å². The molecule has 0 saturated carbocycles. The first kappa shape index (κ1) is 23.1. The second-order valence-electron chi connectivity index (χ2n) is 8.02. The number of H-pyrrole nitrogens is 1. The molecule has 0 aliphatic rings. The molecule has 0 radical (unpaired) electrons. The van der Waals surface area contributed by atoms with Gasteiger partial charge in [-0.05, 0) is 67.7 Å². The van der Waals surface area contributed by atoms with Gasteiger partial charge in [0.2, 0.25) is 10.7 Å². The molecule has 178 valence electrons. The van der Waals surface area contributed by atoms with E-state index >= 15 is 0 Å². The highest BCUT2D eigenvalue weighted by Crippen LogP contribution is 2.26. The normalized spacial score (nSPS) is 11.3. The monoisotopic (exact) mass is 495 g/mol. The molecule has 0 bridgehead atoms. The van der Waals surface area contributed by atoms with Gasteiger partial charge >= 0.3 is 0 Å². The second kappa shape index (κ2) is 9.51. The fourth-order valence-electron chi connectivity index (χ4n) is 3.77. The third-order valence-corrected chi connectivity index (χ3v) is 5.89. The Bertz CT molecular complexity index is 1690. The van der Waals surface area contributed by atoms with E-state index in [0.717, 1.165) is 11.3 Å². The molecule has 0 aliphatic carbocycles. The van der Waals surface area contributed by atoms with Gasteiger partial charge in [-0.1, -0.05) is 36.4 Å². The van der Waals surface area contributed by atoms with Crippen molar-refractivity contribution in [3.8, 4) is 22.8 Å². The van der Waals surface area contributed by atoms with Gasteiger partial charge in [0.25, 0.3) is 5.56 Å². The lowest BCUT2D eigenvalue weighted by Gasteiger charge is -2.06. The summed E-state index contributed by atoms with van der Waals surface area (Å²) < 4.78 is 4.68. The van der Waals surface area contributed by atoms with Crippen LogP contribution in [0.15, 0.2) is 100.0 Å². The van der Waals surface area contributed by atoms with E-state index in [2.05, 4.69) is 20.4 Å². The molecule has 0 saturated heterocycles. The smallest absolute Gasteiger partial charge is 0.293 e. The molecule has 0 fully saturated rings. The van der Waals surface area contributed by atoms with Gasteiger partial charge in [-0.2, -0.15) is 9.80 Å². The molecule has 5 aromatic rings. The lowest BCUT2D eigenvalue weighted by Crippen LogP contribution is -2.13. The maximum Gasteiger partial charge on any atom is 0.299 e. The van der Waals surface area contributed by atoms with E-state index in [9.17, 15) is 9.59 Å². The largest absolute Gasteiger partial charge is 0.299 e. The zero-order chi connectivity index (χ0) is 25.2. The first-order valence-electron chi connectivity index (χ1n) is 11.1. The Morgan fingerprint density at radius 2 is 1.50 bits per heavy atom. The van der Waals surface area contributed by atoms with Crippen LogP contribution >= 0.6 is 12.2 Å². The van der Waals surface area contributed by atoms with Crippen LogP contribution in [0.4, 0.5) is 11.4 Å². The summed E-state index contributed by atoms with van der Waals surface area (Å²) in [5.41, 5.74) is 3.38. The number of aromatic nitrogens is 5. The Labute approximate surface area is 211 Å². The van der Waals surface area contributed by atoms with Gasteiger partial charge in [0.15, 0.2) is 11.5 Å². The van der Waals surface area contributed by atoms with Crippen LogP contribution in [0.5, 0.6) is 0 Å². The molecule has 2 aromatic heterocycles. The Morgan fingerprint density at radius 1 is 0.889 bits per heavy atom. The number of benzene rings is 3. The highest BCUT2D eigenvalue weighted by molar-refractivity contribution is 7.71. The topological polar surface area (TPSA) is 102 Å². The highest BCUT2D eigenvalue weighted by Gasteiger charge is 2.17. The van der Waals surface area contributed by atoms with Crippen LogP contribution in [0.3, 0.4) is 0 Å². The highest BCUT2D eigenvalue weighted by atomic mass is 32.1. The molecular formula is C26H21N7O2S. The fourth-order valence-corrected chi connectivity index (χ4v) is 4.13. The van der Waals surface area contributed by atoms with Gasteiger partial charge in [0.05, 0.1) is 17.1 Å². The minimum absolute atomic E-state index is 0.237. The van der Waals surface area contributed by atoms with E-state index in [0.29, 0.717) is 22.9 Å². The average Bonchev–Trinajstić information content (AvgIpc) is 3.40. The summed E-state index contributed by atoms with van der Waals surface area (Å²) in [5, 5.41) is 16.0. The molecule has 0 unspecified atom stereocenters. The maximum atomic E-state index is 12.8. The molecule has 2 heterocycles. The molecule has 3 aromatic carbocycles. The quantitative estimate of drug-likeness (QED) is 0.241. The number of aryl methyl sites for hydroxylation is 1. The number of nitrogens with zero attached hydrogens (tertiary/aromatic N) is 6. The Balaban J connectivity index is 1.48. The molecule has 36 heavy (non-hydrogen) atoms. The fraction of sp³-hybridized carbons (Fsp3) is 0.0769. The number of azo groups is 1. The first-order chi connectivity index (χ1) is 17.4. The van der Waals surface area contributed by atoms with Gasteiger partial charge in [-0.3, -0.25) is 19.3 Å². The Hall–Kier alpha value is -4.70. The van der Waals surface area contributed by atoms with Crippen molar-refractivity contribution in [3.05, 3.63) is 106 Å². The van der Waals surface area contributed by atoms with Gasteiger partial charge < -0.3 is 0 Å². The van der Waals surface area contributed by atoms with Crippen LogP contribution in [0, 0.1) is 11.7 Å². The molecule has 1 N–H and O–H groups in total. The van der Waals surface area contributed by atoms with Crippen LogP contribution in [0.25, 0.3) is 22.8 Å². The molecule has 0 spiro atoms. The summed E-state index contributed by atoms with van der Waals surface area (Å²) in [6.45, 7) is 3.19. The van der Waals surface area contributed by atoms with Crippen LogP contribution < -0.4 is 5.56 Å². The van der Waals surface area contributed by atoms with Gasteiger partial charge in [-0.25, -0.2) is 4.68 Å². The molecule has 5 rings (SSSR count). The summed E-state index contributed by atoms with van der Waals surface area (Å²) in [5.74, 6) is 0.251. The van der Waals surface area contributed by atoms with Crippen molar-refractivity contribution < 1.29 is 4.79 Å². The number of rotatable bonds is 5. The summed E-state index contributed by atoms with van der Waals surface area (Å²) in [6.07, 6.45) is 0. The zero-order valence-electron chi connectivity index (χ0n) is 19.5. The number of hydrogen-bond donors (Lipinski definition) is 1. The van der Waals surface area contributed by atoms with E-state index in [4.69, 9.17) is 12.2 Å². The number of carbonyl (C=O) groups excluding carboxylic acids is 1. The molecule has 0 aliphatic heterocycles. The predicted molar refractivity (Wildman–Crippen MR) is 139 cm³/mol. The third-order valence-electron chi connectivity index (χ3n) is 5.54. The van der Waals surface area contributed by atoms with E-state index in [1.165, 1.54) is 16.3 Å². The lowest BCUT2D eigenvalue weighted by atomic mass is 10.2. The summed E-state index contributed by atoms with van der Waals surface area (Å²) in [6, 6.07) is 25.9. The molecule has 9 nitrogen and oxygen atoms in total. The predicted octanol–water partition coefficient (Wildman–Crippen LogP) is 5.93. The van der Waals surface area contributed by atoms with Gasteiger partial charge in [0, 0.05) is 18.2 Å². The van der Waals surface area contributed by atoms with Gasteiger partial charge in [0.1, 0.15) is 0 Å². The SMILES string of the molecule is CC(=O)n1nc(-c2ccc(N=Nc3c(C)[nH]n(-c4ccccc4)c3=O)cc2)n(-c2ccccc2)c1=S. The average molecular weight is 496 g/mol. The Kier molecular flexibility index (Phi) is 6.09. The molecule has 0 atom stereocenters. The first-order valence-corrected chi connectivity index (χ1v) is 11.5. The minimum atomic E-state index is -0.282. The number of hydrogen-bond acceptors (Lipinski definition) is 6. The summed E-state index contributed by atoms with van der Waals surface area (Å²) >= 11 is 5.53. The van der Waals surface area contributed by atoms with Gasteiger partial charge in [-0.15, -0.1) is 10.2 Å². The molecule has 0 amide bonds. The maximum absolute atomic E-state index is 12.8. The van der Waals surface area contributed by atoms with Crippen molar-refractivity contribution in [1.29, 1.82) is 0 Å². The summed E-state index contributed by atoms with van der Waals surface area (Å²) in [4.78, 5) is 24.9. The van der Waals surface area contributed by atoms with E-state index in [-0.39, 0.29) is 21.9 Å². The zero-order valence-corrected chi connectivity index (χ0v) is 20.3. The Morgan fingerprint density at radius 3 is 2.11 bits per heavy atom. The lowest BCUT2D eigenvalue weighted by molar-refractivity contribution is 0.0919. The third kappa shape index (κ3) is 4.25. The second-order valence-corrected chi connectivity index (χ2v) is 8.38. The summed E-state index contributed by atoms with van der Waals surface area (Å²) in [7, 11) is 0. The molecule has 10 heteroatoms. The number of aromatic amines is 1. The molecular weight excluding hydrogens is 474 g/mol. The van der Waals surface area contributed by atoms with E-state index in [1.807, 2.05) is 72.8 Å². The van der Waals surface area contributed by atoms with Crippen molar-refractivity contribution in [2.45, 2.75) is 13.8 Å². The van der Waals surface area contributed by atoms with E-state index in [1.54, 1.807) is 23.6 Å².